The molecule has 1 N–H and O–H groups in total. The fourth-order valence-electron chi connectivity index (χ4n) is 2.55. The number of nitrogens with one attached hydrogen (secondary N) is 1. The molecule has 0 saturated carbocycles. The summed E-state index contributed by atoms with van der Waals surface area (Å²) < 4.78 is 11.3. The third-order valence-electron chi connectivity index (χ3n) is 3.76. The van der Waals surface area contributed by atoms with Gasteiger partial charge in [0.25, 0.3) is 5.91 Å². The lowest BCUT2D eigenvalue weighted by atomic mass is 10.2. The van der Waals surface area contributed by atoms with Crippen LogP contribution in [0.25, 0.3) is 10.6 Å². The second-order valence-electron chi connectivity index (χ2n) is 5.41. The predicted molar refractivity (Wildman–Crippen MR) is 93.5 cm³/mol. The summed E-state index contributed by atoms with van der Waals surface area (Å²) in [7, 11) is 0. The topological polar surface area (TPSA) is 73.3 Å². The Bertz CT molecular complexity index is 883. The third kappa shape index (κ3) is 3.32. The van der Waals surface area contributed by atoms with Gasteiger partial charge in [0, 0.05) is 12.4 Å². The van der Waals surface area contributed by atoms with Gasteiger partial charge in [0.05, 0.1) is 17.1 Å². The molecule has 0 saturated heterocycles. The van der Waals surface area contributed by atoms with E-state index in [2.05, 4.69) is 15.3 Å². The molecular formula is C18H15N3O3S. The number of aromatic nitrogens is 2. The van der Waals surface area contributed by atoms with Crippen LogP contribution in [0.3, 0.4) is 0 Å². The Balaban J connectivity index is 1.44. The lowest BCUT2D eigenvalue weighted by Gasteiger charge is -2.25. The monoisotopic (exact) mass is 353 g/mol. The maximum absolute atomic E-state index is 12.4. The number of carbonyl (C=O) groups excluding carboxylic acids is 1. The first-order chi connectivity index (χ1) is 12.3. The normalized spacial score (nSPS) is 15.6. The van der Waals surface area contributed by atoms with Gasteiger partial charge in [-0.15, -0.1) is 11.3 Å². The quantitative estimate of drug-likeness (QED) is 0.781. The summed E-state index contributed by atoms with van der Waals surface area (Å²) in [6, 6.07) is 11.2. The molecule has 2 aromatic heterocycles. The standard InChI is InChI=1S/C18H15N3O3S/c22-18(15-11-23-13-4-1-2-5-14(13)24-15)21-10-12-17(20-8-7-19-12)16-6-3-9-25-16/h1-9,15H,10-11H2,(H,21,22)/t15-/m1/s1. The zero-order valence-electron chi connectivity index (χ0n) is 13.2. The molecule has 7 heteroatoms. The molecule has 0 spiro atoms. The number of benzene rings is 1. The first-order valence-electron chi connectivity index (χ1n) is 7.81. The van der Waals surface area contributed by atoms with E-state index in [0.717, 1.165) is 16.3 Å². The van der Waals surface area contributed by atoms with E-state index in [1.54, 1.807) is 29.8 Å². The zero-order chi connectivity index (χ0) is 17.1. The minimum absolute atomic E-state index is 0.182. The van der Waals surface area contributed by atoms with Crippen molar-refractivity contribution in [2.45, 2.75) is 12.6 Å². The van der Waals surface area contributed by atoms with Gasteiger partial charge in [0.1, 0.15) is 12.3 Å². The molecule has 6 nitrogen and oxygen atoms in total. The Morgan fingerprint density at radius 2 is 2.00 bits per heavy atom. The number of fused-ring (bicyclic) bond motifs is 1. The Hall–Kier alpha value is -2.93. The van der Waals surface area contributed by atoms with Crippen molar-refractivity contribution in [3.8, 4) is 22.1 Å². The summed E-state index contributed by atoms with van der Waals surface area (Å²) >= 11 is 1.58. The number of nitrogens with zero attached hydrogens (tertiary/aromatic N) is 2. The van der Waals surface area contributed by atoms with Crippen molar-refractivity contribution in [1.82, 2.24) is 15.3 Å². The molecule has 1 atom stereocenters. The summed E-state index contributed by atoms with van der Waals surface area (Å²) in [4.78, 5) is 22.2. The lowest BCUT2D eigenvalue weighted by Crippen LogP contribution is -2.43. The van der Waals surface area contributed by atoms with Gasteiger partial charge in [-0.1, -0.05) is 18.2 Å². The molecule has 126 valence electrons. The first-order valence-corrected chi connectivity index (χ1v) is 8.69. The molecular weight excluding hydrogens is 338 g/mol. The van der Waals surface area contributed by atoms with Crippen LogP contribution in [0.15, 0.2) is 54.2 Å². The predicted octanol–water partition coefficient (Wildman–Crippen LogP) is 2.66. The van der Waals surface area contributed by atoms with Crippen molar-refractivity contribution >= 4 is 17.2 Å². The van der Waals surface area contributed by atoms with Crippen LogP contribution < -0.4 is 14.8 Å². The van der Waals surface area contributed by atoms with Crippen LogP contribution in [0, 0.1) is 0 Å². The van der Waals surface area contributed by atoms with Gasteiger partial charge in [0.15, 0.2) is 11.5 Å². The minimum atomic E-state index is -0.684. The van der Waals surface area contributed by atoms with Crippen LogP contribution in [-0.2, 0) is 11.3 Å². The molecule has 4 rings (SSSR count). The van der Waals surface area contributed by atoms with Crippen molar-refractivity contribution in [2.24, 2.45) is 0 Å². The highest BCUT2D eigenvalue weighted by Gasteiger charge is 2.27. The fourth-order valence-corrected chi connectivity index (χ4v) is 3.29. The molecule has 1 amide bonds. The SMILES string of the molecule is O=C(NCc1nccnc1-c1cccs1)[C@H]1COc2ccccc2O1. The molecule has 0 aliphatic carbocycles. The fraction of sp³-hybridized carbons (Fsp3) is 0.167. The van der Waals surface area contributed by atoms with Crippen LogP contribution >= 0.6 is 11.3 Å². The minimum Gasteiger partial charge on any atom is -0.485 e. The van der Waals surface area contributed by atoms with Crippen molar-refractivity contribution in [3.63, 3.8) is 0 Å². The van der Waals surface area contributed by atoms with Crippen LogP contribution in [0.2, 0.25) is 0 Å². The number of amides is 1. The Kier molecular flexibility index (Phi) is 4.30. The molecule has 0 unspecified atom stereocenters. The maximum atomic E-state index is 12.4. The molecule has 1 aliphatic rings. The average Bonchev–Trinajstić information content (AvgIpc) is 3.20. The van der Waals surface area contributed by atoms with Gasteiger partial charge in [-0.2, -0.15) is 0 Å². The average molecular weight is 353 g/mol. The van der Waals surface area contributed by atoms with E-state index in [0.29, 0.717) is 11.5 Å². The molecule has 0 fully saturated rings. The van der Waals surface area contributed by atoms with E-state index in [1.807, 2.05) is 35.7 Å². The van der Waals surface area contributed by atoms with Crippen molar-refractivity contribution in [3.05, 3.63) is 59.9 Å². The van der Waals surface area contributed by atoms with Gasteiger partial charge in [-0.05, 0) is 23.6 Å². The second kappa shape index (κ2) is 6.90. The van der Waals surface area contributed by atoms with Crippen molar-refractivity contribution in [1.29, 1.82) is 0 Å². The summed E-state index contributed by atoms with van der Waals surface area (Å²) in [5.74, 6) is 0.991. The molecule has 3 heterocycles. The van der Waals surface area contributed by atoms with Crippen LogP contribution in [0.1, 0.15) is 5.69 Å². The summed E-state index contributed by atoms with van der Waals surface area (Å²) in [5, 5.41) is 4.84. The van der Waals surface area contributed by atoms with E-state index in [4.69, 9.17) is 9.47 Å². The summed E-state index contributed by atoms with van der Waals surface area (Å²) in [5.41, 5.74) is 1.50. The third-order valence-corrected chi connectivity index (χ3v) is 4.64. The summed E-state index contributed by atoms with van der Waals surface area (Å²) in [6.45, 7) is 0.461. The zero-order valence-corrected chi connectivity index (χ0v) is 14.0. The van der Waals surface area contributed by atoms with Crippen LogP contribution in [-0.4, -0.2) is 28.6 Å². The van der Waals surface area contributed by atoms with E-state index >= 15 is 0 Å². The van der Waals surface area contributed by atoms with Gasteiger partial charge >= 0.3 is 0 Å². The van der Waals surface area contributed by atoms with E-state index < -0.39 is 6.10 Å². The highest BCUT2D eigenvalue weighted by atomic mass is 32.1. The van der Waals surface area contributed by atoms with Crippen LogP contribution in [0.4, 0.5) is 0 Å². The number of ether oxygens (including phenoxy) is 2. The van der Waals surface area contributed by atoms with E-state index in [9.17, 15) is 4.79 Å². The smallest absolute Gasteiger partial charge is 0.265 e. The van der Waals surface area contributed by atoms with Crippen LogP contribution in [0.5, 0.6) is 11.5 Å². The largest absolute Gasteiger partial charge is 0.485 e. The first kappa shape index (κ1) is 15.6. The number of carbonyl (C=O) groups is 1. The highest BCUT2D eigenvalue weighted by molar-refractivity contribution is 7.13. The molecule has 0 radical (unpaired) electrons. The number of hydrogen-bond acceptors (Lipinski definition) is 6. The molecule has 1 aliphatic heterocycles. The van der Waals surface area contributed by atoms with Gasteiger partial charge < -0.3 is 14.8 Å². The van der Waals surface area contributed by atoms with Crippen molar-refractivity contribution in [2.75, 3.05) is 6.61 Å². The van der Waals surface area contributed by atoms with Crippen molar-refractivity contribution < 1.29 is 14.3 Å². The number of thiophene rings is 1. The Labute approximate surface area is 148 Å². The maximum Gasteiger partial charge on any atom is 0.265 e. The van der Waals surface area contributed by atoms with E-state index in [1.165, 1.54) is 0 Å². The Morgan fingerprint density at radius 3 is 2.84 bits per heavy atom. The van der Waals surface area contributed by atoms with Gasteiger partial charge in [0.2, 0.25) is 6.10 Å². The lowest BCUT2D eigenvalue weighted by molar-refractivity contribution is -0.130. The number of hydrogen-bond donors (Lipinski definition) is 1. The van der Waals surface area contributed by atoms with E-state index in [-0.39, 0.29) is 19.1 Å². The summed E-state index contributed by atoms with van der Waals surface area (Å²) in [6.07, 6.45) is 2.58. The highest BCUT2D eigenvalue weighted by Crippen LogP contribution is 2.31. The number of rotatable bonds is 4. The molecule has 0 bridgehead atoms. The second-order valence-corrected chi connectivity index (χ2v) is 6.36. The molecule has 3 aromatic rings. The molecule has 1 aromatic carbocycles. The van der Waals surface area contributed by atoms with Gasteiger partial charge in [-0.25, -0.2) is 0 Å². The van der Waals surface area contributed by atoms with Gasteiger partial charge in [-0.3, -0.25) is 14.8 Å². The Morgan fingerprint density at radius 1 is 1.16 bits per heavy atom. The number of para-hydroxylation sites is 2. The molecule has 25 heavy (non-hydrogen) atoms.